The van der Waals surface area contributed by atoms with Gasteiger partial charge in [-0.15, -0.1) is 0 Å². The molecule has 0 radical (unpaired) electrons. The predicted octanol–water partition coefficient (Wildman–Crippen LogP) is 2.32. The molecule has 0 heterocycles. The maximum Gasteiger partial charge on any atom is 0.241 e. The molecule has 1 rings (SSSR count). The van der Waals surface area contributed by atoms with E-state index in [-0.39, 0.29) is 17.6 Å². The Morgan fingerprint density at radius 3 is 2.61 bits per heavy atom. The van der Waals surface area contributed by atoms with Crippen molar-refractivity contribution in [2.75, 3.05) is 5.32 Å². The number of carbonyl (C=O) groups excluding carboxylic acids is 1. The molecule has 0 spiro atoms. The van der Waals surface area contributed by atoms with Gasteiger partial charge in [0.2, 0.25) is 5.91 Å². The Bertz CT molecular complexity index is 444. The number of carbonyl (C=O) groups is 1. The minimum absolute atomic E-state index is 0.129. The van der Waals surface area contributed by atoms with Gasteiger partial charge in [0.15, 0.2) is 0 Å². The highest BCUT2D eigenvalue weighted by atomic mass is 16.3. The number of nitrogens with one attached hydrogen (secondary N) is 1. The number of hydrogen-bond donors (Lipinski definition) is 3. The maximum absolute atomic E-state index is 11.9. The largest absolute Gasteiger partial charge is 0.507 e. The highest BCUT2D eigenvalue weighted by Crippen LogP contribution is 2.28. The van der Waals surface area contributed by atoms with Crippen LogP contribution in [0.2, 0.25) is 0 Å². The first-order valence-corrected chi connectivity index (χ1v) is 6.24. The highest BCUT2D eigenvalue weighted by Gasteiger charge is 2.20. The van der Waals surface area contributed by atoms with Crippen LogP contribution in [0.3, 0.4) is 0 Å². The summed E-state index contributed by atoms with van der Waals surface area (Å²) in [4.78, 5) is 11.9. The van der Waals surface area contributed by atoms with Crippen molar-refractivity contribution >= 4 is 11.6 Å². The first kappa shape index (κ1) is 14.5. The van der Waals surface area contributed by atoms with Gasteiger partial charge in [-0.2, -0.15) is 0 Å². The van der Waals surface area contributed by atoms with Gasteiger partial charge < -0.3 is 16.2 Å². The summed E-state index contributed by atoms with van der Waals surface area (Å²) in [5, 5.41) is 12.6. The van der Waals surface area contributed by atoms with Crippen molar-refractivity contribution in [2.24, 2.45) is 11.7 Å². The molecular formula is C14H22N2O2. The van der Waals surface area contributed by atoms with E-state index in [0.717, 1.165) is 12.0 Å². The summed E-state index contributed by atoms with van der Waals surface area (Å²) < 4.78 is 0. The third-order valence-corrected chi connectivity index (χ3v) is 3.45. The number of phenolic OH excluding ortho intramolecular Hbond substituents is 1. The molecule has 0 saturated carbocycles. The molecule has 1 unspecified atom stereocenters. The molecule has 1 amide bonds. The van der Waals surface area contributed by atoms with Crippen molar-refractivity contribution in [1.82, 2.24) is 0 Å². The fraction of sp³-hybridized carbons (Fsp3) is 0.500. The first-order valence-electron chi connectivity index (χ1n) is 6.24. The van der Waals surface area contributed by atoms with E-state index in [1.54, 1.807) is 19.1 Å². The summed E-state index contributed by atoms with van der Waals surface area (Å²) in [5.41, 5.74) is 7.93. The molecule has 2 atom stereocenters. The van der Waals surface area contributed by atoms with Gasteiger partial charge in [0.25, 0.3) is 0 Å². The monoisotopic (exact) mass is 250 g/mol. The second-order valence-electron chi connectivity index (χ2n) is 4.80. The van der Waals surface area contributed by atoms with Crippen molar-refractivity contribution in [3.63, 3.8) is 0 Å². The lowest BCUT2D eigenvalue weighted by atomic mass is 9.99. The fourth-order valence-electron chi connectivity index (χ4n) is 1.70. The van der Waals surface area contributed by atoms with E-state index in [1.165, 1.54) is 0 Å². The van der Waals surface area contributed by atoms with Crippen LogP contribution >= 0.6 is 0 Å². The van der Waals surface area contributed by atoms with Crippen LogP contribution in [0.5, 0.6) is 5.75 Å². The lowest BCUT2D eigenvalue weighted by molar-refractivity contribution is -0.118. The maximum atomic E-state index is 11.9. The van der Waals surface area contributed by atoms with Crippen LogP contribution < -0.4 is 11.1 Å². The van der Waals surface area contributed by atoms with Gasteiger partial charge in [-0.05, 0) is 31.4 Å². The zero-order valence-corrected chi connectivity index (χ0v) is 11.4. The van der Waals surface area contributed by atoms with E-state index >= 15 is 0 Å². The highest BCUT2D eigenvalue weighted by molar-refractivity contribution is 5.95. The summed E-state index contributed by atoms with van der Waals surface area (Å²) in [6.07, 6.45) is 0.854. The Balaban J connectivity index is 2.86. The molecule has 4 N–H and O–H groups in total. The van der Waals surface area contributed by atoms with Crippen LogP contribution in [-0.4, -0.2) is 17.1 Å². The van der Waals surface area contributed by atoms with Gasteiger partial charge in [0.1, 0.15) is 5.75 Å². The molecule has 0 aliphatic rings. The number of anilines is 1. The Labute approximate surface area is 108 Å². The average Bonchev–Trinajstić information content (AvgIpc) is 2.37. The molecule has 1 aromatic carbocycles. The number of aryl methyl sites for hydroxylation is 1. The van der Waals surface area contributed by atoms with Crippen LogP contribution in [0.15, 0.2) is 12.1 Å². The topological polar surface area (TPSA) is 75.4 Å². The molecule has 4 heteroatoms. The number of phenols is 1. The van der Waals surface area contributed by atoms with E-state index in [9.17, 15) is 9.90 Å². The smallest absolute Gasteiger partial charge is 0.241 e. The van der Waals surface area contributed by atoms with Crippen molar-refractivity contribution in [2.45, 2.75) is 40.2 Å². The summed E-state index contributed by atoms with van der Waals surface area (Å²) in [6, 6.07) is 3.02. The van der Waals surface area contributed by atoms with Gasteiger partial charge in [-0.1, -0.05) is 26.3 Å². The van der Waals surface area contributed by atoms with Crippen LogP contribution in [0, 0.1) is 19.8 Å². The average molecular weight is 250 g/mol. The Morgan fingerprint density at radius 2 is 2.06 bits per heavy atom. The molecular weight excluding hydrogens is 228 g/mol. The summed E-state index contributed by atoms with van der Waals surface area (Å²) in [5.74, 6) is 0.130. The molecule has 4 nitrogen and oxygen atoms in total. The molecule has 0 fully saturated rings. The third-order valence-electron chi connectivity index (χ3n) is 3.45. The standard InChI is InChI=1S/C14H22N2O2/c1-5-8(2)12(15)14(18)16-11-7-6-9(3)13(17)10(11)4/h6-8,12,17H,5,15H2,1-4H3,(H,16,18)/t8?,12-/m0/s1. The van der Waals surface area contributed by atoms with Crippen molar-refractivity contribution < 1.29 is 9.90 Å². The van der Waals surface area contributed by atoms with Crippen LogP contribution in [0.4, 0.5) is 5.69 Å². The zero-order chi connectivity index (χ0) is 13.9. The van der Waals surface area contributed by atoms with E-state index in [1.807, 2.05) is 20.8 Å². The predicted molar refractivity (Wildman–Crippen MR) is 73.6 cm³/mol. The Hall–Kier alpha value is -1.55. The van der Waals surface area contributed by atoms with Gasteiger partial charge >= 0.3 is 0 Å². The fourth-order valence-corrected chi connectivity index (χ4v) is 1.70. The quantitative estimate of drug-likeness (QED) is 0.767. The molecule has 0 saturated heterocycles. The molecule has 0 aliphatic carbocycles. The Morgan fingerprint density at radius 1 is 1.44 bits per heavy atom. The third kappa shape index (κ3) is 3.01. The molecule has 18 heavy (non-hydrogen) atoms. The molecule has 100 valence electrons. The zero-order valence-electron chi connectivity index (χ0n) is 11.4. The lowest BCUT2D eigenvalue weighted by Crippen LogP contribution is -2.40. The van der Waals surface area contributed by atoms with Crippen molar-refractivity contribution in [3.05, 3.63) is 23.3 Å². The second kappa shape index (κ2) is 5.87. The number of benzene rings is 1. The van der Waals surface area contributed by atoms with Crippen molar-refractivity contribution in [3.8, 4) is 5.75 Å². The molecule has 0 aliphatic heterocycles. The molecule has 1 aromatic rings. The summed E-state index contributed by atoms with van der Waals surface area (Å²) in [6.45, 7) is 7.54. The normalized spacial score (nSPS) is 14.1. The second-order valence-corrected chi connectivity index (χ2v) is 4.80. The Kier molecular flexibility index (Phi) is 4.73. The molecule has 0 aromatic heterocycles. The minimum atomic E-state index is -0.530. The van der Waals surface area contributed by atoms with Gasteiger partial charge in [-0.3, -0.25) is 4.79 Å². The van der Waals surface area contributed by atoms with Gasteiger partial charge in [-0.25, -0.2) is 0 Å². The van der Waals surface area contributed by atoms with Gasteiger partial charge in [0.05, 0.1) is 6.04 Å². The summed E-state index contributed by atoms with van der Waals surface area (Å²) >= 11 is 0. The first-order chi connectivity index (χ1) is 8.38. The number of amides is 1. The van der Waals surface area contributed by atoms with Crippen LogP contribution in [0.1, 0.15) is 31.4 Å². The minimum Gasteiger partial charge on any atom is -0.507 e. The summed E-state index contributed by atoms with van der Waals surface area (Å²) in [7, 11) is 0. The number of aromatic hydroxyl groups is 1. The molecule has 0 bridgehead atoms. The number of rotatable bonds is 4. The van der Waals surface area contributed by atoms with Crippen LogP contribution in [-0.2, 0) is 4.79 Å². The van der Waals surface area contributed by atoms with Crippen LogP contribution in [0.25, 0.3) is 0 Å². The van der Waals surface area contributed by atoms with E-state index in [2.05, 4.69) is 5.32 Å². The number of hydrogen-bond acceptors (Lipinski definition) is 3. The van der Waals surface area contributed by atoms with E-state index < -0.39 is 6.04 Å². The van der Waals surface area contributed by atoms with Crippen molar-refractivity contribution in [1.29, 1.82) is 0 Å². The lowest BCUT2D eigenvalue weighted by Gasteiger charge is -2.19. The van der Waals surface area contributed by atoms with Gasteiger partial charge in [0, 0.05) is 11.3 Å². The number of nitrogens with two attached hydrogens (primary N) is 1. The van der Waals surface area contributed by atoms with E-state index in [4.69, 9.17) is 5.73 Å². The SMILES string of the molecule is CCC(C)[C@H](N)C(=O)Nc1ccc(C)c(O)c1C. The van der Waals surface area contributed by atoms with E-state index in [0.29, 0.717) is 11.3 Å².